The highest BCUT2D eigenvalue weighted by atomic mass is 79.9. The van der Waals surface area contributed by atoms with Gasteiger partial charge < -0.3 is 4.90 Å². The number of likely N-dealkylation sites (N-methyl/N-ethyl adjacent to an activating group) is 1. The summed E-state index contributed by atoms with van der Waals surface area (Å²) in [5, 5.41) is 0. The minimum atomic E-state index is 0.334. The third-order valence-electron chi connectivity index (χ3n) is 4.10. The van der Waals surface area contributed by atoms with Crippen LogP contribution in [-0.2, 0) is 6.42 Å². The van der Waals surface area contributed by atoms with Crippen molar-refractivity contribution in [3.63, 3.8) is 0 Å². The lowest BCUT2D eigenvalue weighted by atomic mass is 9.97. The third kappa shape index (κ3) is 2.88. The number of hydrogen-bond donors (Lipinski definition) is 0. The van der Waals surface area contributed by atoms with Gasteiger partial charge in [0.2, 0.25) is 0 Å². The quantitative estimate of drug-likeness (QED) is 0.739. The van der Waals surface area contributed by atoms with E-state index in [1.165, 1.54) is 11.1 Å². The SMILES string of the molecule is CCC1=Nc2ccccc2CC(c2ccc(Br)cc2)N1C. The Kier molecular flexibility index (Phi) is 4.11. The van der Waals surface area contributed by atoms with Crippen LogP contribution in [0.2, 0.25) is 0 Å². The molecule has 0 bridgehead atoms. The lowest BCUT2D eigenvalue weighted by Gasteiger charge is -2.29. The van der Waals surface area contributed by atoms with Gasteiger partial charge in [0.05, 0.1) is 11.7 Å². The molecule has 0 radical (unpaired) electrons. The zero-order valence-electron chi connectivity index (χ0n) is 12.4. The first kappa shape index (κ1) is 14.3. The summed E-state index contributed by atoms with van der Waals surface area (Å²) in [5.41, 5.74) is 3.76. The van der Waals surface area contributed by atoms with Crippen molar-refractivity contribution < 1.29 is 0 Å². The van der Waals surface area contributed by atoms with Crippen LogP contribution in [0.3, 0.4) is 0 Å². The second-order valence-electron chi connectivity index (χ2n) is 5.39. The molecule has 0 aromatic heterocycles. The van der Waals surface area contributed by atoms with Crippen LogP contribution in [0.5, 0.6) is 0 Å². The molecule has 0 fully saturated rings. The Morgan fingerprint density at radius 2 is 1.86 bits per heavy atom. The van der Waals surface area contributed by atoms with Crippen LogP contribution in [0.15, 0.2) is 58.0 Å². The van der Waals surface area contributed by atoms with Crippen LogP contribution < -0.4 is 0 Å². The molecule has 3 heteroatoms. The van der Waals surface area contributed by atoms with Crippen molar-refractivity contribution >= 4 is 27.5 Å². The van der Waals surface area contributed by atoms with Gasteiger partial charge in [0, 0.05) is 17.9 Å². The summed E-state index contributed by atoms with van der Waals surface area (Å²) in [6, 6.07) is 17.4. The van der Waals surface area contributed by atoms with Crippen molar-refractivity contribution in [2.45, 2.75) is 25.8 Å². The van der Waals surface area contributed by atoms with Crippen LogP contribution in [0.1, 0.15) is 30.5 Å². The van der Waals surface area contributed by atoms with Gasteiger partial charge in [-0.3, -0.25) is 0 Å². The predicted octanol–water partition coefficient (Wildman–Crippen LogP) is 5.12. The highest BCUT2D eigenvalue weighted by Crippen LogP contribution is 2.33. The summed E-state index contributed by atoms with van der Waals surface area (Å²) in [4.78, 5) is 7.19. The molecule has 0 saturated heterocycles. The van der Waals surface area contributed by atoms with Gasteiger partial charge in [-0.05, 0) is 35.7 Å². The summed E-state index contributed by atoms with van der Waals surface area (Å²) in [5.74, 6) is 1.15. The van der Waals surface area contributed by atoms with Crippen LogP contribution in [0.4, 0.5) is 5.69 Å². The van der Waals surface area contributed by atoms with E-state index in [1.54, 1.807) is 0 Å². The van der Waals surface area contributed by atoms with Crippen LogP contribution in [-0.4, -0.2) is 17.8 Å². The Morgan fingerprint density at radius 3 is 2.57 bits per heavy atom. The summed E-state index contributed by atoms with van der Waals surface area (Å²) < 4.78 is 1.12. The molecule has 0 saturated carbocycles. The average Bonchev–Trinajstić information content (AvgIpc) is 2.65. The maximum Gasteiger partial charge on any atom is 0.105 e. The van der Waals surface area contributed by atoms with Crippen molar-refractivity contribution in [2.24, 2.45) is 4.99 Å². The van der Waals surface area contributed by atoms with Gasteiger partial charge in [-0.15, -0.1) is 0 Å². The fraction of sp³-hybridized carbons (Fsp3) is 0.278. The molecule has 2 nitrogen and oxygen atoms in total. The van der Waals surface area contributed by atoms with Crippen LogP contribution in [0, 0.1) is 0 Å². The van der Waals surface area contributed by atoms with Gasteiger partial charge in [0.15, 0.2) is 0 Å². The topological polar surface area (TPSA) is 15.6 Å². The number of halogens is 1. The summed E-state index contributed by atoms with van der Waals surface area (Å²) in [6.45, 7) is 2.17. The van der Waals surface area contributed by atoms with Crippen molar-refractivity contribution in [1.29, 1.82) is 0 Å². The molecule has 21 heavy (non-hydrogen) atoms. The minimum Gasteiger partial charge on any atom is -0.356 e. The Balaban J connectivity index is 2.06. The average molecular weight is 343 g/mol. The molecule has 0 spiro atoms. The number of nitrogens with zero attached hydrogens (tertiary/aromatic N) is 2. The van der Waals surface area contributed by atoms with Crippen molar-refractivity contribution in [1.82, 2.24) is 4.90 Å². The lowest BCUT2D eigenvalue weighted by molar-refractivity contribution is 0.370. The normalized spacial score (nSPS) is 18.0. The van der Waals surface area contributed by atoms with Gasteiger partial charge in [-0.1, -0.05) is 53.2 Å². The van der Waals surface area contributed by atoms with E-state index in [9.17, 15) is 0 Å². The zero-order chi connectivity index (χ0) is 14.8. The standard InChI is InChI=1S/C18H19BrN2/c1-3-18-20-16-7-5-4-6-14(16)12-17(21(18)2)13-8-10-15(19)11-9-13/h4-11,17H,3,12H2,1-2H3. The van der Waals surface area contributed by atoms with Crippen molar-refractivity contribution in [3.8, 4) is 0 Å². The van der Waals surface area contributed by atoms with E-state index >= 15 is 0 Å². The predicted molar refractivity (Wildman–Crippen MR) is 92.2 cm³/mol. The molecule has 2 aromatic rings. The molecule has 0 aliphatic carbocycles. The van der Waals surface area contributed by atoms with E-state index in [1.807, 2.05) is 0 Å². The Labute approximate surface area is 134 Å². The van der Waals surface area contributed by atoms with Gasteiger partial charge >= 0.3 is 0 Å². The second-order valence-corrected chi connectivity index (χ2v) is 6.31. The Morgan fingerprint density at radius 1 is 1.14 bits per heavy atom. The maximum absolute atomic E-state index is 4.87. The number of para-hydroxylation sites is 1. The van der Waals surface area contributed by atoms with Gasteiger partial charge in [-0.25, -0.2) is 4.99 Å². The highest BCUT2D eigenvalue weighted by molar-refractivity contribution is 9.10. The first-order valence-electron chi connectivity index (χ1n) is 7.33. The Bertz CT molecular complexity index is 661. The maximum atomic E-state index is 4.87. The van der Waals surface area contributed by atoms with Gasteiger partial charge in [0.1, 0.15) is 5.84 Å². The van der Waals surface area contributed by atoms with E-state index in [0.29, 0.717) is 6.04 Å². The summed E-state index contributed by atoms with van der Waals surface area (Å²) in [6.07, 6.45) is 1.93. The number of hydrogen-bond acceptors (Lipinski definition) is 2. The van der Waals surface area contributed by atoms with Crippen molar-refractivity contribution in [2.75, 3.05) is 7.05 Å². The number of aliphatic imine (C=N–C) groups is 1. The summed E-state index contributed by atoms with van der Waals surface area (Å²) in [7, 11) is 2.15. The van der Waals surface area contributed by atoms with Gasteiger partial charge in [0.25, 0.3) is 0 Å². The van der Waals surface area contributed by atoms with Crippen molar-refractivity contribution in [3.05, 3.63) is 64.1 Å². The first-order chi connectivity index (χ1) is 10.2. The lowest BCUT2D eigenvalue weighted by Crippen LogP contribution is -2.30. The summed E-state index contributed by atoms with van der Waals surface area (Å²) >= 11 is 3.51. The van der Waals surface area contributed by atoms with Gasteiger partial charge in [-0.2, -0.15) is 0 Å². The zero-order valence-corrected chi connectivity index (χ0v) is 14.0. The fourth-order valence-electron chi connectivity index (χ4n) is 2.89. The van der Waals surface area contributed by atoms with E-state index in [-0.39, 0.29) is 0 Å². The molecule has 0 N–H and O–H groups in total. The van der Waals surface area contributed by atoms with E-state index in [4.69, 9.17) is 4.99 Å². The van der Waals surface area contributed by atoms with Crippen LogP contribution >= 0.6 is 15.9 Å². The van der Waals surface area contributed by atoms with E-state index < -0.39 is 0 Å². The Hall–Kier alpha value is -1.61. The molecule has 1 atom stereocenters. The molecule has 1 aliphatic heterocycles. The second kappa shape index (κ2) is 6.02. The number of fused-ring (bicyclic) bond motifs is 1. The third-order valence-corrected chi connectivity index (χ3v) is 4.63. The fourth-order valence-corrected chi connectivity index (χ4v) is 3.15. The minimum absolute atomic E-state index is 0.334. The molecule has 1 heterocycles. The molecule has 1 aliphatic rings. The van der Waals surface area contributed by atoms with Crippen LogP contribution in [0.25, 0.3) is 0 Å². The first-order valence-corrected chi connectivity index (χ1v) is 8.12. The largest absolute Gasteiger partial charge is 0.356 e. The monoisotopic (exact) mass is 342 g/mol. The molecular formula is C18H19BrN2. The molecule has 2 aromatic carbocycles. The molecule has 3 rings (SSSR count). The number of rotatable bonds is 2. The van der Waals surface area contributed by atoms with E-state index in [0.717, 1.165) is 28.8 Å². The molecule has 1 unspecified atom stereocenters. The molecule has 0 amide bonds. The molecule has 108 valence electrons. The number of benzene rings is 2. The number of amidine groups is 1. The van der Waals surface area contributed by atoms with E-state index in [2.05, 4.69) is 83.3 Å². The molecular weight excluding hydrogens is 324 g/mol. The smallest absolute Gasteiger partial charge is 0.105 e. The highest BCUT2D eigenvalue weighted by Gasteiger charge is 2.24.